The number of aryl methyl sites for hydroxylation is 1. The van der Waals surface area contributed by atoms with E-state index in [1.807, 2.05) is 44.2 Å². The first kappa shape index (κ1) is 17.0. The van der Waals surface area contributed by atoms with Gasteiger partial charge in [0.05, 0.1) is 0 Å². The van der Waals surface area contributed by atoms with Crippen LogP contribution in [0.3, 0.4) is 0 Å². The van der Waals surface area contributed by atoms with Gasteiger partial charge in [-0.05, 0) is 30.7 Å². The molecule has 21 heavy (non-hydrogen) atoms. The number of amides is 1. The van der Waals surface area contributed by atoms with Crippen molar-refractivity contribution in [3.05, 3.63) is 35.9 Å². The number of hydrogen-bond donors (Lipinski definition) is 2. The molecule has 116 valence electrons. The molecular weight excluding hydrogens is 270 g/mol. The summed E-state index contributed by atoms with van der Waals surface area (Å²) in [6.07, 6.45) is 0.500. The number of rotatable bonds is 8. The van der Waals surface area contributed by atoms with Gasteiger partial charge in [0.25, 0.3) is 0 Å². The Bertz CT molecular complexity index is 459. The molecule has 0 saturated carbocycles. The number of carboxylic acids is 1. The molecule has 0 fully saturated rings. The fourth-order valence-electron chi connectivity index (χ4n) is 2.29. The minimum Gasteiger partial charge on any atom is -0.480 e. The lowest BCUT2D eigenvalue weighted by Crippen LogP contribution is -2.45. The van der Waals surface area contributed by atoms with Crippen molar-refractivity contribution in [2.24, 2.45) is 5.92 Å². The van der Waals surface area contributed by atoms with Crippen molar-refractivity contribution in [2.75, 3.05) is 6.54 Å². The third-order valence-corrected chi connectivity index (χ3v) is 3.31. The van der Waals surface area contributed by atoms with Gasteiger partial charge in [-0.1, -0.05) is 44.2 Å². The molecule has 1 rings (SSSR count). The molecule has 1 amide bonds. The average Bonchev–Trinajstić information content (AvgIpc) is 2.42. The number of carboxylic acid groups (broad SMARTS) is 2. The average molecular weight is 293 g/mol. The lowest BCUT2D eigenvalue weighted by atomic mass is 10.0. The van der Waals surface area contributed by atoms with Crippen LogP contribution in [0, 0.1) is 5.92 Å². The molecule has 0 bridgehead atoms. The third kappa shape index (κ3) is 5.85. The van der Waals surface area contributed by atoms with Crippen molar-refractivity contribution in [3.63, 3.8) is 0 Å². The molecule has 1 atom stereocenters. The zero-order valence-corrected chi connectivity index (χ0v) is 12.5. The first-order chi connectivity index (χ1) is 9.91. The van der Waals surface area contributed by atoms with Crippen LogP contribution in [0.15, 0.2) is 30.3 Å². The zero-order chi connectivity index (χ0) is 15.8. The van der Waals surface area contributed by atoms with E-state index in [0.717, 1.165) is 16.9 Å². The zero-order valence-electron chi connectivity index (χ0n) is 12.5. The number of aliphatic carboxylic acids is 1. The lowest BCUT2D eigenvalue weighted by Gasteiger charge is -2.27. The van der Waals surface area contributed by atoms with Gasteiger partial charge >= 0.3 is 12.1 Å². The highest BCUT2D eigenvalue weighted by atomic mass is 16.4. The largest absolute Gasteiger partial charge is 0.480 e. The highest BCUT2D eigenvalue weighted by molar-refractivity contribution is 5.79. The van der Waals surface area contributed by atoms with Crippen LogP contribution in [-0.2, 0) is 11.2 Å². The summed E-state index contributed by atoms with van der Waals surface area (Å²) in [5.74, 6) is -0.951. The minimum absolute atomic E-state index is 0.127. The molecule has 0 aromatic heterocycles. The molecule has 5 heteroatoms. The van der Waals surface area contributed by atoms with Crippen LogP contribution in [0.25, 0.3) is 0 Å². The Labute approximate surface area is 125 Å². The summed E-state index contributed by atoms with van der Waals surface area (Å²) in [4.78, 5) is 23.7. The fourth-order valence-corrected chi connectivity index (χ4v) is 2.29. The maximum Gasteiger partial charge on any atom is 0.408 e. The summed E-state index contributed by atoms with van der Waals surface area (Å²) < 4.78 is 0. The van der Waals surface area contributed by atoms with Crippen molar-refractivity contribution in [3.8, 4) is 0 Å². The molecule has 0 heterocycles. The van der Waals surface area contributed by atoms with Crippen molar-refractivity contribution < 1.29 is 19.8 Å². The van der Waals surface area contributed by atoms with Gasteiger partial charge in [-0.3, -0.25) is 4.90 Å². The van der Waals surface area contributed by atoms with Crippen LogP contribution < -0.4 is 0 Å². The number of hydrogen-bond acceptors (Lipinski definition) is 2. The lowest BCUT2D eigenvalue weighted by molar-refractivity contribution is -0.143. The van der Waals surface area contributed by atoms with Crippen molar-refractivity contribution in [1.29, 1.82) is 0 Å². The second-order valence-electron chi connectivity index (χ2n) is 5.55. The number of nitrogens with zero attached hydrogens (tertiary/aromatic N) is 1. The van der Waals surface area contributed by atoms with E-state index in [2.05, 4.69) is 0 Å². The van der Waals surface area contributed by atoms with E-state index in [4.69, 9.17) is 0 Å². The van der Waals surface area contributed by atoms with Gasteiger partial charge in [0.15, 0.2) is 0 Å². The van der Waals surface area contributed by atoms with Crippen LogP contribution in [0.2, 0.25) is 0 Å². The van der Waals surface area contributed by atoms with E-state index in [1.54, 1.807) is 0 Å². The standard InChI is InChI=1S/C16H23NO4/c1-12(2)11-14(15(18)19)17(16(20)21)10-6-9-13-7-4-3-5-8-13/h3-5,7-8,12,14H,6,9-11H2,1-2H3,(H,18,19)(H,20,21). The Morgan fingerprint density at radius 1 is 1.14 bits per heavy atom. The molecule has 0 spiro atoms. The maximum absolute atomic E-state index is 11.3. The Morgan fingerprint density at radius 3 is 2.24 bits per heavy atom. The Morgan fingerprint density at radius 2 is 1.76 bits per heavy atom. The van der Waals surface area contributed by atoms with Gasteiger partial charge in [-0.15, -0.1) is 0 Å². The molecule has 5 nitrogen and oxygen atoms in total. The smallest absolute Gasteiger partial charge is 0.408 e. The predicted molar refractivity (Wildman–Crippen MR) is 80.4 cm³/mol. The molecule has 0 aliphatic rings. The number of carbonyl (C=O) groups is 2. The molecule has 0 saturated heterocycles. The SMILES string of the molecule is CC(C)CC(C(=O)O)N(CCCc1ccccc1)C(=O)O. The van der Waals surface area contributed by atoms with Crippen molar-refractivity contribution in [1.82, 2.24) is 4.90 Å². The van der Waals surface area contributed by atoms with Crippen LogP contribution in [-0.4, -0.2) is 39.8 Å². The summed E-state index contributed by atoms with van der Waals surface area (Å²) in [5.41, 5.74) is 1.12. The second-order valence-corrected chi connectivity index (χ2v) is 5.55. The first-order valence-corrected chi connectivity index (χ1v) is 7.18. The Kier molecular flexibility index (Phi) is 6.72. The molecule has 1 unspecified atom stereocenters. The van der Waals surface area contributed by atoms with Gasteiger partial charge < -0.3 is 10.2 Å². The molecule has 1 aromatic carbocycles. The summed E-state index contributed by atoms with van der Waals surface area (Å²) in [6, 6.07) is 8.78. The summed E-state index contributed by atoms with van der Waals surface area (Å²) in [7, 11) is 0. The van der Waals surface area contributed by atoms with E-state index in [1.165, 1.54) is 0 Å². The summed E-state index contributed by atoms with van der Waals surface area (Å²) in [5, 5.41) is 18.5. The topological polar surface area (TPSA) is 77.8 Å². The molecular formula is C16H23NO4. The Hall–Kier alpha value is -2.04. The predicted octanol–water partition coefficient (Wildman–Crippen LogP) is 3.10. The van der Waals surface area contributed by atoms with Crippen LogP contribution in [0.4, 0.5) is 4.79 Å². The minimum atomic E-state index is -1.17. The van der Waals surface area contributed by atoms with Gasteiger partial charge in [0.2, 0.25) is 0 Å². The maximum atomic E-state index is 11.3. The second kappa shape index (κ2) is 8.29. The third-order valence-electron chi connectivity index (χ3n) is 3.31. The molecule has 2 N–H and O–H groups in total. The number of benzene rings is 1. The highest BCUT2D eigenvalue weighted by Gasteiger charge is 2.29. The van der Waals surface area contributed by atoms with Gasteiger partial charge in [0, 0.05) is 6.54 Å². The Balaban J connectivity index is 2.63. The van der Waals surface area contributed by atoms with Crippen molar-refractivity contribution >= 4 is 12.1 Å². The fraction of sp³-hybridized carbons (Fsp3) is 0.500. The highest BCUT2D eigenvalue weighted by Crippen LogP contribution is 2.14. The van der Waals surface area contributed by atoms with Gasteiger partial charge in [-0.2, -0.15) is 0 Å². The quantitative estimate of drug-likeness (QED) is 0.772. The van der Waals surface area contributed by atoms with E-state index < -0.39 is 18.1 Å². The summed E-state index contributed by atoms with van der Waals surface area (Å²) in [6.45, 7) is 4.01. The van der Waals surface area contributed by atoms with E-state index in [0.29, 0.717) is 12.8 Å². The molecule has 0 aliphatic heterocycles. The normalized spacial score (nSPS) is 12.1. The van der Waals surface area contributed by atoms with Gasteiger partial charge in [-0.25, -0.2) is 9.59 Å². The van der Waals surface area contributed by atoms with Crippen LogP contribution in [0.1, 0.15) is 32.3 Å². The van der Waals surface area contributed by atoms with Crippen LogP contribution in [0.5, 0.6) is 0 Å². The molecule has 0 aliphatic carbocycles. The molecule has 1 aromatic rings. The van der Waals surface area contributed by atoms with Crippen LogP contribution >= 0.6 is 0 Å². The van der Waals surface area contributed by atoms with Crippen molar-refractivity contribution in [2.45, 2.75) is 39.2 Å². The monoisotopic (exact) mass is 293 g/mol. The van der Waals surface area contributed by atoms with E-state index in [-0.39, 0.29) is 12.5 Å². The molecule has 0 radical (unpaired) electrons. The van der Waals surface area contributed by atoms with Gasteiger partial charge in [0.1, 0.15) is 6.04 Å². The first-order valence-electron chi connectivity index (χ1n) is 7.18. The summed E-state index contributed by atoms with van der Waals surface area (Å²) >= 11 is 0. The van der Waals surface area contributed by atoms with E-state index in [9.17, 15) is 19.8 Å². The van der Waals surface area contributed by atoms with E-state index >= 15 is 0 Å².